The number of imidazole rings is 1. The SMILES string of the molecule is CCc1nc(C(=O)NCCc2ccc(Cl)cc2)c2ccccn12. The number of pyridine rings is 1. The summed E-state index contributed by atoms with van der Waals surface area (Å²) in [5.41, 5.74) is 2.46. The Kier molecular flexibility index (Phi) is 4.63. The summed E-state index contributed by atoms with van der Waals surface area (Å²) in [6.45, 7) is 2.60. The third-order valence-corrected chi connectivity index (χ3v) is 4.02. The minimum Gasteiger partial charge on any atom is -0.350 e. The van der Waals surface area contributed by atoms with Gasteiger partial charge in [0.25, 0.3) is 5.91 Å². The van der Waals surface area contributed by atoms with Gasteiger partial charge in [-0.25, -0.2) is 4.98 Å². The summed E-state index contributed by atoms with van der Waals surface area (Å²) in [4.78, 5) is 16.9. The first kappa shape index (κ1) is 15.6. The van der Waals surface area contributed by atoms with Gasteiger partial charge in [-0.15, -0.1) is 0 Å². The molecule has 1 aromatic carbocycles. The fourth-order valence-corrected chi connectivity index (χ4v) is 2.70. The van der Waals surface area contributed by atoms with Crippen LogP contribution < -0.4 is 5.32 Å². The topological polar surface area (TPSA) is 46.4 Å². The van der Waals surface area contributed by atoms with Crippen LogP contribution in [0, 0.1) is 0 Å². The number of hydrogen-bond donors (Lipinski definition) is 1. The molecule has 1 N–H and O–H groups in total. The van der Waals surface area contributed by atoms with E-state index in [9.17, 15) is 4.79 Å². The van der Waals surface area contributed by atoms with Gasteiger partial charge in [0.15, 0.2) is 5.69 Å². The number of amides is 1. The molecule has 0 radical (unpaired) electrons. The van der Waals surface area contributed by atoms with Crippen LogP contribution in [0.1, 0.15) is 28.8 Å². The smallest absolute Gasteiger partial charge is 0.272 e. The Labute approximate surface area is 140 Å². The van der Waals surface area contributed by atoms with Crippen LogP contribution in [-0.4, -0.2) is 21.8 Å². The van der Waals surface area contributed by atoms with Gasteiger partial charge < -0.3 is 9.72 Å². The molecule has 0 unspecified atom stereocenters. The lowest BCUT2D eigenvalue weighted by atomic mass is 10.1. The molecule has 0 aliphatic rings. The summed E-state index contributed by atoms with van der Waals surface area (Å²) in [5.74, 6) is 0.755. The molecule has 0 spiro atoms. The molecule has 0 aliphatic heterocycles. The van der Waals surface area contributed by atoms with Gasteiger partial charge in [0.2, 0.25) is 0 Å². The molecule has 1 amide bonds. The first-order valence-electron chi connectivity index (χ1n) is 7.67. The highest BCUT2D eigenvalue weighted by atomic mass is 35.5. The van der Waals surface area contributed by atoms with Gasteiger partial charge in [-0.1, -0.05) is 36.7 Å². The largest absolute Gasteiger partial charge is 0.350 e. The fourth-order valence-electron chi connectivity index (χ4n) is 2.57. The van der Waals surface area contributed by atoms with Gasteiger partial charge in [-0.3, -0.25) is 4.79 Å². The normalized spacial score (nSPS) is 10.9. The van der Waals surface area contributed by atoms with Gasteiger partial charge in [0, 0.05) is 24.2 Å². The zero-order valence-electron chi connectivity index (χ0n) is 12.9. The van der Waals surface area contributed by atoms with Crippen LogP contribution in [0.25, 0.3) is 5.52 Å². The van der Waals surface area contributed by atoms with Gasteiger partial charge in [0.1, 0.15) is 5.82 Å². The number of hydrogen-bond acceptors (Lipinski definition) is 2. The zero-order chi connectivity index (χ0) is 16.2. The van der Waals surface area contributed by atoms with E-state index in [1.807, 2.05) is 60.0 Å². The van der Waals surface area contributed by atoms with Crippen LogP contribution in [0.5, 0.6) is 0 Å². The Balaban J connectivity index is 1.70. The monoisotopic (exact) mass is 327 g/mol. The maximum absolute atomic E-state index is 12.4. The number of carbonyl (C=O) groups is 1. The molecule has 5 heteroatoms. The molecule has 118 valence electrons. The van der Waals surface area contributed by atoms with Gasteiger partial charge >= 0.3 is 0 Å². The highest BCUT2D eigenvalue weighted by molar-refractivity contribution is 6.30. The molecular weight excluding hydrogens is 310 g/mol. The van der Waals surface area contributed by atoms with E-state index in [2.05, 4.69) is 10.3 Å². The maximum Gasteiger partial charge on any atom is 0.272 e. The predicted octanol–water partition coefficient (Wildman–Crippen LogP) is 3.52. The number of rotatable bonds is 5. The lowest BCUT2D eigenvalue weighted by molar-refractivity contribution is 0.0951. The van der Waals surface area contributed by atoms with Crippen molar-refractivity contribution in [2.75, 3.05) is 6.54 Å². The van der Waals surface area contributed by atoms with Crippen molar-refractivity contribution >= 4 is 23.0 Å². The Bertz CT molecular complexity index is 824. The third-order valence-electron chi connectivity index (χ3n) is 3.77. The molecule has 0 saturated carbocycles. The molecule has 4 nitrogen and oxygen atoms in total. The van der Waals surface area contributed by atoms with Crippen LogP contribution >= 0.6 is 11.6 Å². The number of nitrogens with one attached hydrogen (secondary N) is 1. The van der Waals surface area contributed by atoms with E-state index in [4.69, 9.17) is 11.6 Å². The molecule has 0 bridgehead atoms. The van der Waals surface area contributed by atoms with Crippen molar-refractivity contribution in [3.63, 3.8) is 0 Å². The van der Waals surface area contributed by atoms with Crippen LogP contribution in [0.15, 0.2) is 48.7 Å². The van der Waals surface area contributed by atoms with E-state index >= 15 is 0 Å². The second-order valence-electron chi connectivity index (χ2n) is 5.32. The quantitative estimate of drug-likeness (QED) is 0.779. The molecule has 23 heavy (non-hydrogen) atoms. The van der Waals surface area contributed by atoms with Crippen LogP contribution in [0.4, 0.5) is 0 Å². The molecule has 2 aromatic heterocycles. The predicted molar refractivity (Wildman–Crippen MR) is 92.1 cm³/mol. The molecule has 0 aliphatic carbocycles. The van der Waals surface area contributed by atoms with Gasteiger partial charge in [-0.05, 0) is 36.2 Å². The molecular formula is C18H18ClN3O. The minimum atomic E-state index is -0.137. The lowest BCUT2D eigenvalue weighted by Crippen LogP contribution is -2.26. The van der Waals surface area contributed by atoms with E-state index in [0.29, 0.717) is 12.2 Å². The molecule has 2 heterocycles. The van der Waals surface area contributed by atoms with Crippen LogP contribution in [0.3, 0.4) is 0 Å². The van der Waals surface area contributed by atoms with Crippen LogP contribution in [-0.2, 0) is 12.8 Å². The number of carbonyl (C=O) groups excluding carboxylic acids is 1. The van der Waals surface area contributed by atoms with Crippen molar-refractivity contribution in [2.24, 2.45) is 0 Å². The summed E-state index contributed by atoms with van der Waals surface area (Å²) in [5, 5.41) is 3.66. The van der Waals surface area contributed by atoms with Crippen LogP contribution in [0.2, 0.25) is 5.02 Å². The van der Waals surface area contributed by atoms with E-state index in [1.54, 1.807) is 0 Å². The number of benzene rings is 1. The van der Waals surface area contributed by atoms with Crippen molar-refractivity contribution in [1.82, 2.24) is 14.7 Å². The van der Waals surface area contributed by atoms with E-state index < -0.39 is 0 Å². The lowest BCUT2D eigenvalue weighted by Gasteiger charge is -2.04. The highest BCUT2D eigenvalue weighted by Gasteiger charge is 2.15. The van der Waals surface area contributed by atoms with Gasteiger partial charge in [0.05, 0.1) is 5.52 Å². The van der Waals surface area contributed by atoms with Gasteiger partial charge in [-0.2, -0.15) is 0 Å². The van der Waals surface area contributed by atoms with Crippen molar-refractivity contribution in [3.8, 4) is 0 Å². The Morgan fingerprint density at radius 3 is 2.74 bits per heavy atom. The first-order valence-corrected chi connectivity index (χ1v) is 8.05. The average molecular weight is 328 g/mol. The number of halogens is 1. The highest BCUT2D eigenvalue weighted by Crippen LogP contribution is 2.14. The summed E-state index contributed by atoms with van der Waals surface area (Å²) >= 11 is 5.87. The standard InChI is InChI=1S/C18H18ClN3O/c1-2-16-21-17(15-5-3-4-12-22(15)16)18(23)20-11-10-13-6-8-14(19)9-7-13/h3-9,12H,2,10-11H2,1H3,(H,20,23). The Hall–Kier alpha value is -2.33. The average Bonchev–Trinajstić information content (AvgIpc) is 2.95. The fraction of sp³-hybridized carbons (Fsp3) is 0.222. The summed E-state index contributed by atoms with van der Waals surface area (Å²) in [7, 11) is 0. The second kappa shape index (κ2) is 6.84. The molecule has 0 atom stereocenters. The molecule has 3 rings (SSSR count). The zero-order valence-corrected chi connectivity index (χ0v) is 13.7. The van der Waals surface area contributed by atoms with Crippen molar-refractivity contribution in [3.05, 3.63) is 70.8 Å². The second-order valence-corrected chi connectivity index (χ2v) is 5.75. The number of fused-ring (bicyclic) bond motifs is 1. The third kappa shape index (κ3) is 3.37. The van der Waals surface area contributed by atoms with Crippen molar-refractivity contribution in [2.45, 2.75) is 19.8 Å². The number of aryl methyl sites for hydroxylation is 1. The summed E-state index contributed by atoms with van der Waals surface area (Å²) in [6.07, 6.45) is 3.48. The van der Waals surface area contributed by atoms with E-state index in [0.717, 1.165) is 34.8 Å². The van der Waals surface area contributed by atoms with Crippen molar-refractivity contribution in [1.29, 1.82) is 0 Å². The van der Waals surface area contributed by atoms with E-state index in [-0.39, 0.29) is 5.91 Å². The maximum atomic E-state index is 12.4. The van der Waals surface area contributed by atoms with Crippen molar-refractivity contribution < 1.29 is 4.79 Å². The molecule has 3 aromatic rings. The first-order chi connectivity index (χ1) is 11.2. The Morgan fingerprint density at radius 1 is 1.22 bits per heavy atom. The number of nitrogens with zero attached hydrogens (tertiary/aromatic N) is 2. The number of aromatic nitrogens is 2. The molecule has 0 fully saturated rings. The minimum absolute atomic E-state index is 0.137. The van der Waals surface area contributed by atoms with E-state index in [1.165, 1.54) is 0 Å². The Morgan fingerprint density at radius 2 is 2.00 bits per heavy atom. The molecule has 0 saturated heterocycles. The summed E-state index contributed by atoms with van der Waals surface area (Å²) in [6, 6.07) is 13.4. The summed E-state index contributed by atoms with van der Waals surface area (Å²) < 4.78 is 1.97.